The van der Waals surface area contributed by atoms with Crippen molar-refractivity contribution in [1.29, 1.82) is 0 Å². The Balaban J connectivity index is 3.91. The Morgan fingerprint density at radius 2 is 1.33 bits per heavy atom. The summed E-state index contributed by atoms with van der Waals surface area (Å²) in [5, 5.41) is 0. The predicted octanol–water partition coefficient (Wildman–Crippen LogP) is 1.92. The van der Waals surface area contributed by atoms with E-state index in [0.717, 1.165) is 6.42 Å². The average Bonchev–Trinajstić information content (AvgIpc) is 2.17. The number of hydrogen-bond donors (Lipinski definition) is 0. The van der Waals surface area contributed by atoms with E-state index in [4.69, 9.17) is 9.47 Å². The molecule has 0 fully saturated rings. The van der Waals surface area contributed by atoms with Gasteiger partial charge in [0.1, 0.15) is 0 Å². The van der Waals surface area contributed by atoms with Crippen molar-refractivity contribution in [3.8, 4) is 0 Å². The molecule has 0 aromatic heterocycles. The van der Waals surface area contributed by atoms with Gasteiger partial charge in [-0.05, 0) is 19.8 Å². The van der Waals surface area contributed by atoms with Crippen molar-refractivity contribution < 1.29 is 19.1 Å². The van der Waals surface area contributed by atoms with Gasteiger partial charge in [0, 0.05) is 12.8 Å². The summed E-state index contributed by atoms with van der Waals surface area (Å²) in [6.07, 6.45) is 1.37. The molecule has 0 unspecified atom stereocenters. The fourth-order valence-corrected chi connectivity index (χ4v) is 1.27. The van der Waals surface area contributed by atoms with Gasteiger partial charge >= 0.3 is 11.9 Å². The van der Waals surface area contributed by atoms with Crippen LogP contribution in [0.1, 0.15) is 40.0 Å². The highest BCUT2D eigenvalue weighted by Gasteiger charge is 2.17. The van der Waals surface area contributed by atoms with Gasteiger partial charge in [0.05, 0.1) is 13.2 Å². The molecule has 88 valence electrons. The Hall–Kier alpha value is -1.06. The van der Waals surface area contributed by atoms with E-state index in [1.54, 1.807) is 13.8 Å². The van der Waals surface area contributed by atoms with Crippen LogP contribution in [0.5, 0.6) is 0 Å². The Bertz CT molecular complexity index is 181. The van der Waals surface area contributed by atoms with E-state index in [1.165, 1.54) is 0 Å². The molecule has 0 aromatic carbocycles. The molecule has 0 bridgehead atoms. The molecule has 0 aliphatic rings. The third-order valence-electron chi connectivity index (χ3n) is 2.10. The minimum Gasteiger partial charge on any atom is -0.466 e. The van der Waals surface area contributed by atoms with Crippen LogP contribution in [0, 0.1) is 5.92 Å². The average molecular weight is 216 g/mol. The highest BCUT2D eigenvalue weighted by molar-refractivity contribution is 5.73. The molecule has 0 heterocycles. The van der Waals surface area contributed by atoms with Gasteiger partial charge in [-0.15, -0.1) is 0 Å². The lowest BCUT2D eigenvalue weighted by Crippen LogP contribution is -2.16. The van der Waals surface area contributed by atoms with Gasteiger partial charge in [0.15, 0.2) is 0 Å². The molecule has 0 spiro atoms. The molecule has 0 saturated heterocycles. The van der Waals surface area contributed by atoms with Gasteiger partial charge in [-0.1, -0.05) is 13.3 Å². The number of esters is 2. The molecule has 0 N–H and O–H groups in total. The van der Waals surface area contributed by atoms with E-state index < -0.39 is 0 Å². The Labute approximate surface area is 90.9 Å². The molecule has 0 aromatic rings. The van der Waals surface area contributed by atoms with Crippen LogP contribution < -0.4 is 0 Å². The maximum atomic E-state index is 11.2. The third-order valence-corrected chi connectivity index (χ3v) is 2.10. The highest BCUT2D eigenvalue weighted by Crippen LogP contribution is 2.14. The number of carbonyl (C=O) groups excluding carboxylic acids is 2. The first-order valence-corrected chi connectivity index (χ1v) is 5.45. The van der Waals surface area contributed by atoms with Gasteiger partial charge in [-0.2, -0.15) is 0 Å². The summed E-state index contributed by atoms with van der Waals surface area (Å²) < 4.78 is 9.65. The van der Waals surface area contributed by atoms with Gasteiger partial charge in [0.25, 0.3) is 0 Å². The molecule has 4 heteroatoms. The first-order valence-electron chi connectivity index (χ1n) is 5.45. The standard InChI is InChI=1S/C11H20O4/c1-4-9(7-10(12)14-5-2)8-11(13)15-6-3/h9H,4-8H2,1-3H3. The quantitative estimate of drug-likeness (QED) is 0.610. The lowest BCUT2D eigenvalue weighted by Gasteiger charge is -2.12. The van der Waals surface area contributed by atoms with Crippen LogP contribution in [0.3, 0.4) is 0 Å². The van der Waals surface area contributed by atoms with Crippen molar-refractivity contribution in [2.24, 2.45) is 5.92 Å². The van der Waals surface area contributed by atoms with Crippen molar-refractivity contribution in [1.82, 2.24) is 0 Å². The van der Waals surface area contributed by atoms with E-state index in [0.29, 0.717) is 26.1 Å². The van der Waals surface area contributed by atoms with E-state index in [-0.39, 0.29) is 17.9 Å². The second-order valence-electron chi connectivity index (χ2n) is 3.29. The number of hydrogen-bond acceptors (Lipinski definition) is 4. The van der Waals surface area contributed by atoms with Crippen LogP contribution in [0.25, 0.3) is 0 Å². The lowest BCUT2D eigenvalue weighted by molar-refractivity contribution is -0.146. The highest BCUT2D eigenvalue weighted by atomic mass is 16.5. The van der Waals surface area contributed by atoms with E-state index >= 15 is 0 Å². The predicted molar refractivity (Wildman–Crippen MR) is 56.3 cm³/mol. The summed E-state index contributed by atoms with van der Waals surface area (Å²) in [6.45, 7) is 6.25. The van der Waals surface area contributed by atoms with Gasteiger partial charge in [-0.3, -0.25) is 9.59 Å². The van der Waals surface area contributed by atoms with Crippen LogP contribution in [-0.4, -0.2) is 25.2 Å². The molecular formula is C11H20O4. The van der Waals surface area contributed by atoms with Crippen molar-refractivity contribution in [3.63, 3.8) is 0 Å². The van der Waals surface area contributed by atoms with Crippen molar-refractivity contribution in [3.05, 3.63) is 0 Å². The zero-order valence-corrected chi connectivity index (χ0v) is 9.75. The summed E-state index contributed by atoms with van der Waals surface area (Å²) in [4.78, 5) is 22.4. The number of rotatable bonds is 7. The summed E-state index contributed by atoms with van der Waals surface area (Å²) in [5.41, 5.74) is 0. The van der Waals surface area contributed by atoms with Gasteiger partial charge in [0.2, 0.25) is 0 Å². The minimum atomic E-state index is -0.242. The normalized spacial score (nSPS) is 10.1. The Morgan fingerprint density at radius 1 is 0.933 bits per heavy atom. The molecule has 0 aliphatic carbocycles. The number of carbonyl (C=O) groups is 2. The summed E-state index contributed by atoms with van der Waals surface area (Å²) >= 11 is 0. The topological polar surface area (TPSA) is 52.6 Å². The SMILES string of the molecule is CCOC(=O)CC(CC)CC(=O)OCC. The Morgan fingerprint density at radius 3 is 1.60 bits per heavy atom. The summed E-state index contributed by atoms with van der Waals surface area (Å²) in [6, 6.07) is 0. The lowest BCUT2D eigenvalue weighted by atomic mass is 9.99. The van der Waals surface area contributed by atoms with Crippen LogP contribution in [0.4, 0.5) is 0 Å². The fraction of sp³-hybridized carbons (Fsp3) is 0.818. The number of ether oxygens (including phenoxy) is 2. The van der Waals surface area contributed by atoms with Gasteiger partial charge in [-0.25, -0.2) is 0 Å². The Kier molecular flexibility index (Phi) is 7.68. The maximum Gasteiger partial charge on any atom is 0.306 e. The molecule has 0 saturated carbocycles. The molecule has 0 radical (unpaired) electrons. The van der Waals surface area contributed by atoms with Crippen molar-refractivity contribution >= 4 is 11.9 Å². The fourth-order valence-electron chi connectivity index (χ4n) is 1.27. The molecule has 4 nitrogen and oxygen atoms in total. The molecule has 15 heavy (non-hydrogen) atoms. The molecule has 0 rings (SSSR count). The second kappa shape index (κ2) is 8.26. The van der Waals surface area contributed by atoms with E-state index in [9.17, 15) is 9.59 Å². The molecule has 0 amide bonds. The van der Waals surface area contributed by atoms with Crippen molar-refractivity contribution in [2.45, 2.75) is 40.0 Å². The summed E-state index contributed by atoms with van der Waals surface area (Å²) in [7, 11) is 0. The van der Waals surface area contributed by atoms with Crippen LogP contribution in [-0.2, 0) is 19.1 Å². The van der Waals surface area contributed by atoms with Gasteiger partial charge < -0.3 is 9.47 Å². The smallest absolute Gasteiger partial charge is 0.306 e. The van der Waals surface area contributed by atoms with Crippen molar-refractivity contribution in [2.75, 3.05) is 13.2 Å². The minimum absolute atomic E-state index is 0.0306. The van der Waals surface area contributed by atoms with E-state index in [2.05, 4.69) is 0 Å². The first kappa shape index (κ1) is 13.9. The summed E-state index contributed by atoms with van der Waals surface area (Å²) in [5.74, 6) is -0.453. The largest absolute Gasteiger partial charge is 0.466 e. The second-order valence-corrected chi connectivity index (χ2v) is 3.29. The third kappa shape index (κ3) is 6.94. The maximum absolute atomic E-state index is 11.2. The van der Waals surface area contributed by atoms with Crippen LogP contribution in [0.15, 0.2) is 0 Å². The molecular weight excluding hydrogens is 196 g/mol. The monoisotopic (exact) mass is 216 g/mol. The van der Waals surface area contributed by atoms with Crippen LogP contribution >= 0.6 is 0 Å². The molecule has 0 atom stereocenters. The zero-order valence-electron chi connectivity index (χ0n) is 9.75. The first-order chi connectivity index (χ1) is 7.13. The molecule has 0 aliphatic heterocycles. The van der Waals surface area contributed by atoms with Crippen LogP contribution in [0.2, 0.25) is 0 Å². The zero-order chi connectivity index (χ0) is 11.7. The van der Waals surface area contributed by atoms with E-state index in [1.807, 2.05) is 6.92 Å².